The Balaban J connectivity index is 2.22. The van der Waals surface area contributed by atoms with E-state index >= 15 is 0 Å². The first-order chi connectivity index (χ1) is 12.1. The molecule has 0 radical (unpaired) electrons. The predicted molar refractivity (Wildman–Crippen MR) is 94.4 cm³/mol. The number of rotatable bonds is 6. The van der Waals surface area contributed by atoms with E-state index in [1.165, 1.54) is 20.3 Å². The maximum atomic E-state index is 11.5. The summed E-state index contributed by atoms with van der Waals surface area (Å²) in [4.78, 5) is 11.5. The maximum Gasteiger partial charge on any atom is 0.348 e. The molecule has 0 aliphatic rings. The number of esters is 1. The Kier molecular flexibility index (Phi) is 6.44. The van der Waals surface area contributed by atoms with E-state index in [9.17, 15) is 4.79 Å². The summed E-state index contributed by atoms with van der Waals surface area (Å²) in [5.74, 6) is 0.305. The van der Waals surface area contributed by atoms with Crippen LogP contribution in [0.2, 0.25) is 5.02 Å². The van der Waals surface area contributed by atoms with Crippen LogP contribution in [0.15, 0.2) is 48.0 Å². The van der Waals surface area contributed by atoms with Crippen LogP contribution in [0.5, 0.6) is 11.5 Å². The van der Waals surface area contributed by atoms with Crippen LogP contribution in [0, 0.1) is 11.3 Å². The zero-order chi connectivity index (χ0) is 18.2. The summed E-state index contributed by atoms with van der Waals surface area (Å²) in [6.07, 6.45) is 1.42. The number of ether oxygens (including phenoxy) is 3. The number of nitriles is 1. The summed E-state index contributed by atoms with van der Waals surface area (Å²) in [5.41, 5.74) is 1.37. The fourth-order valence-corrected chi connectivity index (χ4v) is 2.27. The number of hydrogen-bond acceptors (Lipinski definition) is 5. The van der Waals surface area contributed by atoms with Gasteiger partial charge in [-0.3, -0.25) is 0 Å². The fourth-order valence-electron chi connectivity index (χ4n) is 2.08. The van der Waals surface area contributed by atoms with Crippen molar-refractivity contribution in [2.45, 2.75) is 6.61 Å². The highest BCUT2D eigenvalue weighted by molar-refractivity contribution is 6.31. The second-order valence-electron chi connectivity index (χ2n) is 4.95. The van der Waals surface area contributed by atoms with Crippen LogP contribution in [0.3, 0.4) is 0 Å². The molecule has 2 aromatic carbocycles. The smallest absolute Gasteiger partial charge is 0.348 e. The average Bonchev–Trinajstić information content (AvgIpc) is 2.65. The molecule has 0 fully saturated rings. The molecular weight excluding hydrogens is 342 g/mol. The third-order valence-corrected chi connectivity index (χ3v) is 3.73. The summed E-state index contributed by atoms with van der Waals surface area (Å²) in [6, 6.07) is 14.3. The Labute approximate surface area is 151 Å². The molecule has 25 heavy (non-hydrogen) atoms. The van der Waals surface area contributed by atoms with E-state index in [1.807, 2.05) is 18.2 Å². The van der Waals surface area contributed by atoms with Crippen molar-refractivity contribution < 1.29 is 19.0 Å². The van der Waals surface area contributed by atoms with Crippen molar-refractivity contribution in [3.63, 3.8) is 0 Å². The van der Waals surface area contributed by atoms with Crippen molar-refractivity contribution in [3.05, 3.63) is 64.2 Å². The minimum atomic E-state index is -0.694. The molecule has 0 amide bonds. The van der Waals surface area contributed by atoms with Crippen LogP contribution in [0.25, 0.3) is 6.08 Å². The standard InChI is InChI=1S/C19H16ClNO4/c1-23-18-10-13(9-15(11-21)19(22)24-2)7-8-17(18)25-12-14-5-3-4-6-16(14)20/h3-10H,12H2,1-2H3. The molecule has 0 saturated carbocycles. The van der Waals surface area contributed by atoms with Gasteiger partial charge in [0.15, 0.2) is 11.5 Å². The topological polar surface area (TPSA) is 68.6 Å². The van der Waals surface area contributed by atoms with Crippen LogP contribution >= 0.6 is 11.6 Å². The first kappa shape index (κ1) is 18.4. The Morgan fingerprint density at radius 2 is 1.96 bits per heavy atom. The van der Waals surface area contributed by atoms with Crippen LogP contribution in [0.4, 0.5) is 0 Å². The number of carbonyl (C=O) groups excluding carboxylic acids is 1. The molecule has 5 nitrogen and oxygen atoms in total. The van der Waals surface area contributed by atoms with Crippen LogP contribution in [-0.2, 0) is 16.1 Å². The lowest BCUT2D eigenvalue weighted by Gasteiger charge is -2.12. The number of nitrogens with zero attached hydrogens (tertiary/aromatic N) is 1. The Morgan fingerprint density at radius 1 is 1.20 bits per heavy atom. The highest BCUT2D eigenvalue weighted by Crippen LogP contribution is 2.30. The molecule has 2 rings (SSSR count). The molecule has 0 unspecified atom stereocenters. The normalized spacial score (nSPS) is 10.7. The van der Waals surface area contributed by atoms with Gasteiger partial charge in [0.1, 0.15) is 18.2 Å². The van der Waals surface area contributed by atoms with Gasteiger partial charge in [-0.1, -0.05) is 35.9 Å². The summed E-state index contributed by atoms with van der Waals surface area (Å²) in [7, 11) is 2.73. The van der Waals surface area contributed by atoms with Crippen LogP contribution in [0.1, 0.15) is 11.1 Å². The molecule has 0 bridgehead atoms. The molecule has 0 spiro atoms. The third kappa shape index (κ3) is 4.75. The van der Waals surface area contributed by atoms with Crippen LogP contribution < -0.4 is 9.47 Å². The van der Waals surface area contributed by atoms with Crippen molar-refractivity contribution in [1.29, 1.82) is 5.26 Å². The lowest BCUT2D eigenvalue weighted by molar-refractivity contribution is -0.135. The number of benzene rings is 2. The molecule has 128 valence electrons. The third-order valence-electron chi connectivity index (χ3n) is 3.37. The Morgan fingerprint density at radius 3 is 2.60 bits per heavy atom. The lowest BCUT2D eigenvalue weighted by atomic mass is 10.1. The van der Waals surface area contributed by atoms with Crippen molar-refractivity contribution in [1.82, 2.24) is 0 Å². The maximum absolute atomic E-state index is 11.5. The van der Waals surface area contributed by atoms with Gasteiger partial charge in [0, 0.05) is 10.6 Å². The highest BCUT2D eigenvalue weighted by Gasteiger charge is 2.11. The molecule has 0 aromatic heterocycles. The lowest BCUT2D eigenvalue weighted by Crippen LogP contribution is -2.02. The summed E-state index contributed by atoms with van der Waals surface area (Å²) < 4.78 is 15.6. The Bertz CT molecular complexity index is 840. The summed E-state index contributed by atoms with van der Waals surface area (Å²) in [5, 5.41) is 9.64. The van der Waals surface area contributed by atoms with E-state index in [4.69, 9.17) is 26.3 Å². The number of halogens is 1. The molecule has 0 saturated heterocycles. The molecule has 6 heteroatoms. The van der Waals surface area contributed by atoms with Gasteiger partial charge in [-0.15, -0.1) is 0 Å². The SMILES string of the molecule is COC(=O)C(C#N)=Cc1ccc(OCc2ccccc2Cl)c(OC)c1. The minimum absolute atomic E-state index is 0.103. The molecule has 2 aromatic rings. The van der Waals surface area contributed by atoms with E-state index in [0.29, 0.717) is 22.1 Å². The first-order valence-corrected chi connectivity index (χ1v) is 7.71. The fraction of sp³-hybridized carbons (Fsp3) is 0.158. The molecular formula is C19H16ClNO4. The first-order valence-electron chi connectivity index (χ1n) is 7.33. The molecule has 0 aliphatic heterocycles. The van der Waals surface area contributed by atoms with Crippen molar-refractivity contribution in [2.75, 3.05) is 14.2 Å². The zero-order valence-corrected chi connectivity index (χ0v) is 14.5. The number of methoxy groups -OCH3 is 2. The monoisotopic (exact) mass is 357 g/mol. The van der Waals surface area contributed by atoms with Gasteiger partial charge in [-0.2, -0.15) is 5.26 Å². The van der Waals surface area contributed by atoms with Crippen molar-refractivity contribution >= 4 is 23.6 Å². The van der Waals surface area contributed by atoms with E-state index in [0.717, 1.165) is 5.56 Å². The largest absolute Gasteiger partial charge is 0.493 e. The van der Waals surface area contributed by atoms with E-state index in [1.54, 1.807) is 30.3 Å². The van der Waals surface area contributed by atoms with E-state index in [-0.39, 0.29) is 12.2 Å². The van der Waals surface area contributed by atoms with Gasteiger partial charge >= 0.3 is 5.97 Å². The van der Waals surface area contributed by atoms with Crippen molar-refractivity contribution in [3.8, 4) is 17.6 Å². The van der Waals surface area contributed by atoms with E-state index < -0.39 is 5.97 Å². The van der Waals surface area contributed by atoms with Gasteiger partial charge in [-0.05, 0) is 29.8 Å². The van der Waals surface area contributed by atoms with Gasteiger partial charge in [0.2, 0.25) is 0 Å². The predicted octanol–water partition coefficient (Wildman–Crippen LogP) is 4.01. The minimum Gasteiger partial charge on any atom is -0.493 e. The van der Waals surface area contributed by atoms with Crippen LogP contribution in [-0.4, -0.2) is 20.2 Å². The highest BCUT2D eigenvalue weighted by atomic mass is 35.5. The molecule has 0 aliphatic carbocycles. The molecule has 0 atom stereocenters. The summed E-state index contributed by atoms with van der Waals surface area (Å²) in [6.45, 7) is 0.289. The van der Waals surface area contributed by atoms with Gasteiger partial charge in [0.25, 0.3) is 0 Å². The second-order valence-corrected chi connectivity index (χ2v) is 5.36. The Hall–Kier alpha value is -2.97. The summed E-state index contributed by atoms with van der Waals surface area (Å²) >= 11 is 6.11. The van der Waals surface area contributed by atoms with Gasteiger partial charge in [0.05, 0.1) is 14.2 Å². The molecule has 0 N–H and O–H groups in total. The number of carbonyl (C=O) groups is 1. The van der Waals surface area contributed by atoms with Gasteiger partial charge < -0.3 is 14.2 Å². The molecule has 0 heterocycles. The number of hydrogen-bond donors (Lipinski definition) is 0. The second kappa shape index (κ2) is 8.76. The van der Waals surface area contributed by atoms with Gasteiger partial charge in [-0.25, -0.2) is 4.79 Å². The van der Waals surface area contributed by atoms with E-state index in [2.05, 4.69) is 4.74 Å². The average molecular weight is 358 g/mol. The quantitative estimate of drug-likeness (QED) is 0.444. The van der Waals surface area contributed by atoms with Crippen molar-refractivity contribution in [2.24, 2.45) is 0 Å². The zero-order valence-electron chi connectivity index (χ0n) is 13.8.